The molecule has 0 aromatic carbocycles. The lowest BCUT2D eigenvalue weighted by Gasteiger charge is -2.22. The van der Waals surface area contributed by atoms with Gasteiger partial charge in [-0.25, -0.2) is 4.79 Å². The van der Waals surface area contributed by atoms with Crippen LogP contribution in [0.25, 0.3) is 0 Å². The summed E-state index contributed by atoms with van der Waals surface area (Å²) in [5, 5.41) is 5.08. The first-order valence-corrected chi connectivity index (χ1v) is 6.43. The fourth-order valence-corrected chi connectivity index (χ4v) is 1.56. The molecule has 0 fully saturated rings. The largest absolute Gasteiger partial charge is 0.444 e. The van der Waals surface area contributed by atoms with E-state index in [0.29, 0.717) is 6.42 Å². The van der Waals surface area contributed by atoms with Gasteiger partial charge in [0.2, 0.25) is 5.91 Å². The number of rotatable bonds is 4. The molecule has 0 saturated heterocycles. The number of likely N-dealkylation sites (N-methyl/N-ethyl adjacent to an activating group) is 1. The molecule has 2 amide bonds. The Hall–Kier alpha value is -2.11. The zero-order chi connectivity index (χ0) is 15.2. The summed E-state index contributed by atoms with van der Waals surface area (Å²) in [6.45, 7) is 5.29. The molecule has 0 aliphatic heterocycles. The molecule has 110 valence electrons. The number of ether oxygens (including phenoxy) is 1. The average molecular weight is 279 g/mol. The first-order valence-electron chi connectivity index (χ1n) is 6.43. The molecule has 2 N–H and O–H groups in total. The number of nitrogens with zero attached hydrogens (tertiary/aromatic N) is 1. The van der Waals surface area contributed by atoms with Gasteiger partial charge in [0.25, 0.3) is 0 Å². The zero-order valence-corrected chi connectivity index (χ0v) is 12.3. The van der Waals surface area contributed by atoms with Crippen LogP contribution in [0.5, 0.6) is 0 Å². The number of pyridine rings is 1. The molecule has 0 spiro atoms. The van der Waals surface area contributed by atoms with Gasteiger partial charge in [0, 0.05) is 25.4 Å². The summed E-state index contributed by atoms with van der Waals surface area (Å²) < 4.78 is 5.15. The molecule has 6 nitrogen and oxygen atoms in total. The first-order chi connectivity index (χ1) is 9.31. The first kappa shape index (κ1) is 15.9. The van der Waals surface area contributed by atoms with Gasteiger partial charge in [-0.05, 0) is 32.9 Å². The number of nitrogens with one attached hydrogen (secondary N) is 2. The monoisotopic (exact) mass is 279 g/mol. The maximum Gasteiger partial charge on any atom is 0.408 e. The Bertz CT molecular complexity index is 454. The minimum absolute atomic E-state index is 0.290. The number of carbonyl (C=O) groups is 2. The summed E-state index contributed by atoms with van der Waals surface area (Å²) in [4.78, 5) is 27.7. The maximum atomic E-state index is 11.8. The normalized spacial score (nSPS) is 12.4. The van der Waals surface area contributed by atoms with Crippen LogP contribution in [0.15, 0.2) is 24.4 Å². The van der Waals surface area contributed by atoms with Crippen LogP contribution in [0.3, 0.4) is 0 Å². The highest BCUT2D eigenvalue weighted by atomic mass is 16.6. The molecule has 1 aromatic heterocycles. The van der Waals surface area contributed by atoms with E-state index in [0.717, 1.165) is 5.69 Å². The fraction of sp³-hybridized carbons (Fsp3) is 0.500. The highest BCUT2D eigenvalue weighted by Gasteiger charge is 2.24. The van der Waals surface area contributed by atoms with Gasteiger partial charge in [-0.1, -0.05) is 6.07 Å². The van der Waals surface area contributed by atoms with Crippen LogP contribution in [0.1, 0.15) is 26.5 Å². The second-order valence-corrected chi connectivity index (χ2v) is 5.34. The van der Waals surface area contributed by atoms with Crippen LogP contribution in [-0.4, -0.2) is 35.7 Å². The van der Waals surface area contributed by atoms with Gasteiger partial charge in [-0.2, -0.15) is 0 Å². The second-order valence-electron chi connectivity index (χ2n) is 5.34. The summed E-state index contributed by atoms with van der Waals surface area (Å²) in [7, 11) is 1.52. The van der Waals surface area contributed by atoms with Gasteiger partial charge >= 0.3 is 6.09 Å². The van der Waals surface area contributed by atoms with E-state index in [-0.39, 0.29) is 5.91 Å². The molecular formula is C14H21N3O3. The Balaban J connectivity index is 2.70. The molecule has 1 atom stereocenters. The second kappa shape index (κ2) is 6.88. The number of hydrogen-bond donors (Lipinski definition) is 2. The van der Waals surface area contributed by atoms with Gasteiger partial charge in [-0.3, -0.25) is 9.78 Å². The molecule has 1 aromatic rings. The average Bonchev–Trinajstić information content (AvgIpc) is 2.36. The maximum absolute atomic E-state index is 11.8. The third-order valence-corrected chi connectivity index (χ3v) is 2.39. The number of amides is 2. The number of carbonyl (C=O) groups excluding carboxylic acids is 2. The van der Waals surface area contributed by atoms with E-state index in [1.807, 2.05) is 6.07 Å². The third-order valence-electron chi connectivity index (χ3n) is 2.39. The Morgan fingerprint density at radius 2 is 2.05 bits per heavy atom. The zero-order valence-electron chi connectivity index (χ0n) is 12.3. The summed E-state index contributed by atoms with van der Waals surface area (Å²) in [5.41, 5.74) is 0.111. The highest BCUT2D eigenvalue weighted by Crippen LogP contribution is 2.07. The molecular weight excluding hydrogens is 258 g/mol. The number of hydrogen-bond acceptors (Lipinski definition) is 4. The fourth-order valence-electron chi connectivity index (χ4n) is 1.56. The summed E-state index contributed by atoms with van der Waals surface area (Å²) in [5.74, 6) is -0.290. The Labute approximate surface area is 118 Å². The third kappa shape index (κ3) is 5.69. The van der Waals surface area contributed by atoms with Gasteiger partial charge in [0.05, 0.1) is 0 Å². The van der Waals surface area contributed by atoms with Gasteiger partial charge in [-0.15, -0.1) is 0 Å². The molecule has 1 rings (SSSR count). The van der Waals surface area contributed by atoms with E-state index in [9.17, 15) is 9.59 Å². The van der Waals surface area contributed by atoms with Crippen LogP contribution < -0.4 is 10.6 Å². The molecule has 0 bridgehead atoms. The lowest BCUT2D eigenvalue weighted by molar-refractivity contribution is -0.122. The van der Waals surface area contributed by atoms with Crippen molar-refractivity contribution in [2.75, 3.05) is 7.05 Å². The molecule has 20 heavy (non-hydrogen) atoms. The van der Waals surface area contributed by atoms with Crippen LogP contribution in [0, 0.1) is 0 Å². The van der Waals surface area contributed by atoms with Crippen LogP contribution in [-0.2, 0) is 16.0 Å². The highest BCUT2D eigenvalue weighted by molar-refractivity contribution is 5.85. The van der Waals surface area contributed by atoms with E-state index in [4.69, 9.17) is 4.74 Å². The minimum Gasteiger partial charge on any atom is -0.444 e. The molecule has 0 aliphatic rings. The van der Waals surface area contributed by atoms with Crippen molar-refractivity contribution in [2.24, 2.45) is 0 Å². The summed E-state index contributed by atoms with van der Waals surface area (Å²) in [6, 6.07) is 4.70. The van der Waals surface area contributed by atoms with Crippen molar-refractivity contribution in [1.82, 2.24) is 15.6 Å². The predicted molar refractivity (Wildman–Crippen MR) is 75.2 cm³/mol. The molecule has 6 heteroatoms. The van der Waals surface area contributed by atoms with Crippen molar-refractivity contribution in [3.63, 3.8) is 0 Å². The van der Waals surface area contributed by atoms with E-state index in [1.165, 1.54) is 7.05 Å². The molecule has 1 heterocycles. The van der Waals surface area contributed by atoms with Crippen LogP contribution in [0.2, 0.25) is 0 Å². The lowest BCUT2D eigenvalue weighted by atomic mass is 10.1. The van der Waals surface area contributed by atoms with Crippen molar-refractivity contribution < 1.29 is 14.3 Å². The van der Waals surface area contributed by atoms with Gasteiger partial charge in [0.1, 0.15) is 11.6 Å². The van der Waals surface area contributed by atoms with E-state index in [1.54, 1.807) is 39.1 Å². The van der Waals surface area contributed by atoms with E-state index >= 15 is 0 Å². The van der Waals surface area contributed by atoms with Crippen molar-refractivity contribution in [3.05, 3.63) is 30.1 Å². The predicted octanol–water partition coefficient (Wildman–Crippen LogP) is 1.26. The lowest BCUT2D eigenvalue weighted by Crippen LogP contribution is -2.48. The Morgan fingerprint density at radius 3 is 2.55 bits per heavy atom. The number of aromatic nitrogens is 1. The quantitative estimate of drug-likeness (QED) is 0.869. The van der Waals surface area contributed by atoms with Crippen molar-refractivity contribution in [3.8, 4) is 0 Å². The van der Waals surface area contributed by atoms with Gasteiger partial charge in [0.15, 0.2) is 0 Å². The van der Waals surface area contributed by atoms with Crippen molar-refractivity contribution >= 4 is 12.0 Å². The SMILES string of the molecule is CNC(=O)[C@@H](Cc1ccccn1)NC(=O)OC(C)(C)C. The van der Waals surface area contributed by atoms with Crippen LogP contribution >= 0.6 is 0 Å². The van der Waals surface area contributed by atoms with Crippen LogP contribution in [0.4, 0.5) is 4.79 Å². The standard InChI is InChI=1S/C14H21N3O3/c1-14(2,3)20-13(19)17-11(12(18)15-4)9-10-7-5-6-8-16-10/h5-8,11H,9H2,1-4H3,(H,15,18)(H,17,19)/t11-/m1/s1. The van der Waals surface area contributed by atoms with E-state index < -0.39 is 17.7 Å². The molecule has 0 aliphatic carbocycles. The topological polar surface area (TPSA) is 80.3 Å². The minimum atomic E-state index is -0.718. The van der Waals surface area contributed by atoms with Gasteiger partial charge < -0.3 is 15.4 Å². The molecule has 0 unspecified atom stereocenters. The molecule has 0 radical (unpaired) electrons. The molecule has 0 saturated carbocycles. The smallest absolute Gasteiger partial charge is 0.408 e. The summed E-state index contributed by atoms with van der Waals surface area (Å²) >= 11 is 0. The number of alkyl carbamates (subject to hydrolysis) is 1. The van der Waals surface area contributed by atoms with Crippen molar-refractivity contribution in [2.45, 2.75) is 38.8 Å². The van der Waals surface area contributed by atoms with Crippen molar-refractivity contribution in [1.29, 1.82) is 0 Å². The summed E-state index contributed by atoms with van der Waals surface area (Å²) in [6.07, 6.45) is 1.32. The Morgan fingerprint density at radius 1 is 1.35 bits per heavy atom. The Kier molecular flexibility index (Phi) is 5.49. The van der Waals surface area contributed by atoms with E-state index in [2.05, 4.69) is 15.6 Å².